The fourth-order valence-electron chi connectivity index (χ4n) is 14.7. The van der Waals surface area contributed by atoms with Crippen molar-refractivity contribution in [2.75, 3.05) is 14.7 Å². The van der Waals surface area contributed by atoms with Crippen LogP contribution in [0, 0.1) is 0 Å². The third-order valence-corrected chi connectivity index (χ3v) is 17.6. The molecule has 0 N–H and O–H groups in total. The Hall–Kier alpha value is -9.72. The second-order valence-electron chi connectivity index (χ2n) is 21.3. The van der Waals surface area contributed by atoms with Gasteiger partial charge in [0.05, 0.1) is 0 Å². The molecule has 0 amide bonds. The molecule has 8 aliphatic rings. The maximum absolute atomic E-state index is 7.51. The first kappa shape index (κ1) is 40.6. The molecule has 8 heterocycles. The van der Waals surface area contributed by atoms with Gasteiger partial charge in [-0.25, -0.2) is 0 Å². The summed E-state index contributed by atoms with van der Waals surface area (Å²) in [5, 5.41) is 0. The predicted molar refractivity (Wildman–Crippen MR) is 315 cm³/mol. The first-order valence-electron chi connectivity index (χ1n) is 26.6. The molecule has 77 heavy (non-hydrogen) atoms. The highest BCUT2D eigenvalue weighted by atomic mass is 16.5. The molecule has 8 aliphatic heterocycles. The van der Waals surface area contributed by atoms with E-state index in [1.807, 2.05) is 0 Å². The summed E-state index contributed by atoms with van der Waals surface area (Å²) in [7, 11) is 0. The topological polar surface area (TPSA) is 46.6 Å². The molecule has 0 aliphatic carbocycles. The molecule has 0 bridgehead atoms. The minimum atomic E-state index is -0.146. The zero-order valence-electron chi connectivity index (χ0n) is 41.1. The van der Waals surface area contributed by atoms with Crippen LogP contribution in [0.2, 0.25) is 0 Å². The SMILES string of the molecule is c1ccc(N2c3cc4c(cc3B3c5ccccc5Oc5cccc2c53)B2c3ccccc3N3c5ccccc5B5c6cc7c(cc6Oc6cc(c2c3c65)O4)N(c2ccccc2)c2cccc3c2B7c2ccccc2O3)cc1. The molecule has 0 spiro atoms. The van der Waals surface area contributed by atoms with E-state index in [1.54, 1.807) is 0 Å². The van der Waals surface area contributed by atoms with E-state index in [-0.39, 0.29) is 26.9 Å². The summed E-state index contributed by atoms with van der Waals surface area (Å²) < 4.78 is 28.5. The van der Waals surface area contributed by atoms with E-state index in [0.717, 1.165) is 130 Å². The van der Waals surface area contributed by atoms with Crippen molar-refractivity contribution in [1.82, 2.24) is 0 Å². The average Bonchev–Trinajstić information content (AvgIpc) is 3.62. The Morgan fingerprint density at radius 1 is 0.221 bits per heavy atom. The molecule has 352 valence electrons. The zero-order chi connectivity index (χ0) is 49.8. The monoisotopic (exact) mass is 979 g/mol. The molecule has 0 unspecified atom stereocenters. The smallest absolute Gasteiger partial charge is 0.256 e. The van der Waals surface area contributed by atoms with Gasteiger partial charge in [-0.3, -0.25) is 0 Å². The molecule has 0 aromatic heterocycles. The Kier molecular flexibility index (Phi) is 7.68. The predicted octanol–water partition coefficient (Wildman–Crippen LogP) is 7.84. The highest BCUT2D eigenvalue weighted by Gasteiger charge is 2.53. The van der Waals surface area contributed by atoms with Crippen LogP contribution in [0.4, 0.5) is 51.2 Å². The van der Waals surface area contributed by atoms with E-state index >= 15 is 0 Å². The van der Waals surface area contributed by atoms with Crippen LogP contribution in [0.25, 0.3) is 0 Å². The third-order valence-electron chi connectivity index (χ3n) is 17.6. The summed E-state index contributed by atoms with van der Waals surface area (Å²) in [6.07, 6.45) is 0. The number of hydrogen-bond donors (Lipinski definition) is 0. The molecule has 11 aromatic rings. The van der Waals surface area contributed by atoms with Gasteiger partial charge in [-0.2, -0.15) is 0 Å². The van der Waals surface area contributed by atoms with Gasteiger partial charge in [-0.15, -0.1) is 0 Å². The first-order valence-corrected chi connectivity index (χ1v) is 26.6. The summed E-state index contributed by atoms with van der Waals surface area (Å²) in [6, 6.07) is 81.2. The number of benzene rings is 11. The molecule has 11 heteroatoms. The summed E-state index contributed by atoms with van der Waals surface area (Å²) >= 11 is 0. The second kappa shape index (κ2) is 14.6. The quantitative estimate of drug-likeness (QED) is 0.164. The van der Waals surface area contributed by atoms with Crippen molar-refractivity contribution in [3.63, 3.8) is 0 Å². The molecule has 19 rings (SSSR count). The van der Waals surface area contributed by atoms with Crippen molar-refractivity contribution < 1.29 is 18.9 Å². The van der Waals surface area contributed by atoms with Crippen molar-refractivity contribution in [2.45, 2.75) is 0 Å². The Morgan fingerprint density at radius 3 is 1.08 bits per heavy atom. The summed E-state index contributed by atoms with van der Waals surface area (Å²) in [4.78, 5) is 7.30. The molecule has 0 radical (unpaired) electrons. The number of hydrogen-bond acceptors (Lipinski definition) is 7. The van der Waals surface area contributed by atoms with Crippen molar-refractivity contribution in [1.29, 1.82) is 0 Å². The number of anilines is 9. The number of nitrogens with zero attached hydrogens (tertiary/aromatic N) is 3. The largest absolute Gasteiger partial charge is 0.458 e. The van der Waals surface area contributed by atoms with Crippen LogP contribution in [0.3, 0.4) is 0 Å². The van der Waals surface area contributed by atoms with Gasteiger partial charge >= 0.3 is 0 Å². The van der Waals surface area contributed by atoms with E-state index < -0.39 is 0 Å². The Bertz CT molecular complexity index is 4220. The fourth-order valence-corrected chi connectivity index (χ4v) is 14.7. The van der Waals surface area contributed by atoms with Gasteiger partial charge in [-0.1, -0.05) is 133 Å². The molecule has 0 saturated heterocycles. The van der Waals surface area contributed by atoms with Gasteiger partial charge in [0.2, 0.25) is 0 Å². The summed E-state index contributed by atoms with van der Waals surface area (Å²) in [5.74, 6) is 6.84. The molecule has 0 fully saturated rings. The van der Waals surface area contributed by atoms with Gasteiger partial charge in [-0.05, 0) is 138 Å². The molecular weight excluding hydrogens is 942 g/mol. The van der Waals surface area contributed by atoms with Crippen LogP contribution in [0.1, 0.15) is 0 Å². The van der Waals surface area contributed by atoms with Crippen molar-refractivity contribution in [2.24, 2.45) is 0 Å². The van der Waals surface area contributed by atoms with Gasteiger partial charge in [0.25, 0.3) is 26.9 Å². The number of rotatable bonds is 2. The van der Waals surface area contributed by atoms with Crippen LogP contribution >= 0.6 is 0 Å². The lowest BCUT2D eigenvalue weighted by atomic mass is 9.28. The lowest BCUT2D eigenvalue weighted by Crippen LogP contribution is -2.68. The maximum atomic E-state index is 7.51. The van der Waals surface area contributed by atoms with Crippen LogP contribution in [0.15, 0.2) is 224 Å². The molecule has 0 atom stereocenters. The van der Waals surface area contributed by atoms with E-state index in [4.69, 9.17) is 18.9 Å². The minimum absolute atomic E-state index is 0.0688. The fraction of sp³-hybridized carbons (Fsp3) is 0. The summed E-state index contributed by atoms with van der Waals surface area (Å²) in [6.45, 7) is -0.429. The Balaban J connectivity index is 0.865. The van der Waals surface area contributed by atoms with Gasteiger partial charge in [0.1, 0.15) is 46.0 Å². The van der Waals surface area contributed by atoms with Crippen molar-refractivity contribution in [3.05, 3.63) is 224 Å². The normalized spacial score (nSPS) is 14.7. The van der Waals surface area contributed by atoms with Crippen LogP contribution in [0.5, 0.6) is 46.0 Å². The molecule has 0 saturated carbocycles. The zero-order valence-corrected chi connectivity index (χ0v) is 41.1. The number of fused-ring (bicyclic) bond motifs is 18. The molecule has 11 aromatic carbocycles. The van der Waals surface area contributed by atoms with E-state index in [9.17, 15) is 0 Å². The Morgan fingerprint density at radius 2 is 0.597 bits per heavy atom. The number of ether oxygens (including phenoxy) is 4. The van der Waals surface area contributed by atoms with E-state index in [0.29, 0.717) is 0 Å². The third kappa shape index (κ3) is 5.16. The van der Waals surface area contributed by atoms with Crippen LogP contribution < -0.4 is 99.2 Å². The van der Waals surface area contributed by atoms with E-state index in [1.165, 1.54) is 32.8 Å². The lowest BCUT2D eigenvalue weighted by molar-refractivity contribution is 0.466. The molecule has 7 nitrogen and oxygen atoms in total. The number of para-hydroxylation sites is 6. The van der Waals surface area contributed by atoms with Gasteiger partial charge < -0.3 is 33.6 Å². The van der Waals surface area contributed by atoms with Crippen molar-refractivity contribution in [3.8, 4) is 46.0 Å². The molecular formula is C66H37B4N3O4. The highest BCUT2D eigenvalue weighted by Crippen LogP contribution is 2.49. The van der Waals surface area contributed by atoms with E-state index in [2.05, 4.69) is 239 Å². The minimum Gasteiger partial charge on any atom is -0.458 e. The van der Waals surface area contributed by atoms with Crippen molar-refractivity contribution >= 4 is 144 Å². The average molecular weight is 979 g/mol. The van der Waals surface area contributed by atoms with Crippen LogP contribution in [-0.2, 0) is 0 Å². The maximum Gasteiger partial charge on any atom is 0.256 e. The van der Waals surface area contributed by atoms with Crippen LogP contribution in [-0.4, -0.2) is 26.9 Å². The standard InChI is InChI=1S/C66H37B4N3O4/c1-3-17-38(18-4-1)71-50-27-15-31-56-62(50)69(42-23-9-13-29-54(42)74-56)44-33-46-58(35-52(44)71)76-60-37-61-65-66-64(60)67(46)40-21-7-11-25-48(40)73(66)49-26-12-8-22-41(49)68(65)47-34-45-53(36-59(47)77-61)72(39-19-5-2-6-20-39)51-28-16-32-57-63(51)70(45)43-24-10-14-30-55(43)75-57/h1-37H. The lowest BCUT2D eigenvalue weighted by Gasteiger charge is -2.48. The van der Waals surface area contributed by atoms with Gasteiger partial charge in [0.15, 0.2) is 0 Å². The summed E-state index contributed by atoms with van der Waals surface area (Å²) in [5.41, 5.74) is 24.2. The highest BCUT2D eigenvalue weighted by molar-refractivity contribution is 7.05. The Labute approximate surface area is 445 Å². The first-order chi connectivity index (χ1) is 38.2. The van der Waals surface area contributed by atoms with Gasteiger partial charge in [0, 0.05) is 69.4 Å². The second-order valence-corrected chi connectivity index (χ2v) is 21.3.